The summed E-state index contributed by atoms with van der Waals surface area (Å²) in [6, 6.07) is 2.22. The van der Waals surface area contributed by atoms with Gasteiger partial charge in [-0.15, -0.1) is 0 Å². The average molecular weight is 266 g/mol. The normalized spacial score (nSPS) is 12.7. The summed E-state index contributed by atoms with van der Waals surface area (Å²) < 4.78 is 5.09. The van der Waals surface area contributed by atoms with Gasteiger partial charge in [0.2, 0.25) is 0 Å². The molecule has 0 aromatic carbocycles. The number of hydrazine groups is 1. The van der Waals surface area contributed by atoms with Crippen LogP contribution in [0, 0.1) is 0 Å². The lowest BCUT2D eigenvalue weighted by atomic mass is 10.0. The molecule has 3 N–H and O–H groups in total. The largest absolute Gasteiger partial charge is 0.472 e. The molecule has 3 heteroatoms. The lowest BCUT2D eigenvalue weighted by Crippen LogP contribution is -2.27. The minimum absolute atomic E-state index is 0.239. The summed E-state index contributed by atoms with van der Waals surface area (Å²) in [7, 11) is 0. The van der Waals surface area contributed by atoms with Gasteiger partial charge in [-0.3, -0.25) is 11.3 Å². The van der Waals surface area contributed by atoms with Crippen LogP contribution in [0.25, 0.3) is 0 Å². The zero-order valence-corrected chi connectivity index (χ0v) is 12.4. The maximum Gasteiger partial charge on any atom is 0.0950 e. The minimum Gasteiger partial charge on any atom is -0.472 e. The Labute approximate surface area is 117 Å². The molecule has 0 bridgehead atoms. The van der Waals surface area contributed by atoms with Gasteiger partial charge in [-0.25, -0.2) is 0 Å². The topological polar surface area (TPSA) is 51.2 Å². The van der Waals surface area contributed by atoms with Crippen molar-refractivity contribution in [2.75, 3.05) is 0 Å². The number of nitrogens with one attached hydrogen (secondary N) is 1. The van der Waals surface area contributed by atoms with Crippen molar-refractivity contribution >= 4 is 0 Å². The number of hydrogen-bond acceptors (Lipinski definition) is 3. The second-order valence-electron chi connectivity index (χ2n) is 5.39. The number of unbranched alkanes of at least 4 members (excludes halogenated alkanes) is 8. The van der Waals surface area contributed by atoms with Crippen LogP contribution in [0.3, 0.4) is 0 Å². The lowest BCUT2D eigenvalue weighted by Gasteiger charge is -2.13. The molecule has 1 aromatic rings. The number of hydrogen-bond donors (Lipinski definition) is 2. The van der Waals surface area contributed by atoms with E-state index in [1.165, 1.54) is 57.8 Å². The van der Waals surface area contributed by atoms with E-state index >= 15 is 0 Å². The van der Waals surface area contributed by atoms with Gasteiger partial charge in [-0.05, 0) is 12.5 Å². The fourth-order valence-electron chi connectivity index (χ4n) is 2.48. The Hall–Kier alpha value is -0.800. The highest BCUT2D eigenvalue weighted by molar-refractivity contribution is 5.10. The van der Waals surface area contributed by atoms with Crippen molar-refractivity contribution in [3.63, 3.8) is 0 Å². The predicted octanol–water partition coefficient (Wildman–Crippen LogP) is 4.70. The fraction of sp³-hybridized carbons (Fsp3) is 0.750. The summed E-state index contributed by atoms with van der Waals surface area (Å²) in [6.07, 6.45) is 16.8. The lowest BCUT2D eigenvalue weighted by molar-refractivity contribution is 0.468. The molecule has 19 heavy (non-hydrogen) atoms. The Balaban J connectivity index is 1.95. The summed E-state index contributed by atoms with van der Waals surface area (Å²) in [5.74, 6) is 5.58. The number of rotatable bonds is 12. The van der Waals surface area contributed by atoms with E-state index in [1.807, 2.05) is 6.07 Å². The van der Waals surface area contributed by atoms with Crippen LogP contribution in [0.1, 0.15) is 82.7 Å². The molecule has 0 spiro atoms. The molecule has 1 unspecified atom stereocenters. The van der Waals surface area contributed by atoms with Gasteiger partial charge in [0.05, 0.1) is 12.5 Å². The van der Waals surface area contributed by atoms with Gasteiger partial charge in [-0.1, -0.05) is 64.7 Å². The van der Waals surface area contributed by atoms with E-state index in [-0.39, 0.29) is 6.04 Å². The van der Waals surface area contributed by atoms with E-state index in [9.17, 15) is 0 Å². The van der Waals surface area contributed by atoms with Crippen LogP contribution in [0.2, 0.25) is 0 Å². The Morgan fingerprint density at radius 3 is 2.21 bits per heavy atom. The zero-order valence-electron chi connectivity index (χ0n) is 12.4. The first-order chi connectivity index (χ1) is 9.38. The van der Waals surface area contributed by atoms with Crippen LogP contribution in [0.4, 0.5) is 0 Å². The molecule has 0 aliphatic carbocycles. The van der Waals surface area contributed by atoms with Crippen molar-refractivity contribution in [2.45, 2.75) is 77.2 Å². The van der Waals surface area contributed by atoms with Gasteiger partial charge in [0, 0.05) is 11.6 Å². The van der Waals surface area contributed by atoms with E-state index in [4.69, 9.17) is 10.3 Å². The quantitative estimate of drug-likeness (QED) is 0.327. The molecule has 1 heterocycles. The summed E-state index contributed by atoms with van der Waals surface area (Å²) >= 11 is 0. The highest BCUT2D eigenvalue weighted by Crippen LogP contribution is 2.20. The van der Waals surface area contributed by atoms with E-state index < -0.39 is 0 Å². The Kier molecular flexibility index (Phi) is 9.46. The van der Waals surface area contributed by atoms with E-state index in [0.717, 1.165) is 12.0 Å². The van der Waals surface area contributed by atoms with Gasteiger partial charge in [0.1, 0.15) is 0 Å². The molecule has 0 saturated heterocycles. The van der Waals surface area contributed by atoms with E-state index in [1.54, 1.807) is 12.5 Å². The van der Waals surface area contributed by atoms with Crippen molar-refractivity contribution in [3.05, 3.63) is 24.2 Å². The second-order valence-corrected chi connectivity index (χ2v) is 5.39. The number of nitrogens with two attached hydrogens (primary N) is 1. The predicted molar refractivity (Wildman–Crippen MR) is 80.6 cm³/mol. The molecule has 0 radical (unpaired) electrons. The Morgan fingerprint density at radius 2 is 1.68 bits per heavy atom. The SMILES string of the molecule is CCCCCCCCCCCC(NN)c1ccoc1. The molecule has 0 amide bonds. The van der Waals surface area contributed by atoms with Crippen molar-refractivity contribution in [3.8, 4) is 0 Å². The molecule has 0 saturated carbocycles. The first-order valence-electron chi connectivity index (χ1n) is 7.86. The van der Waals surface area contributed by atoms with Crippen LogP contribution in [-0.2, 0) is 0 Å². The molecular formula is C16H30N2O. The molecule has 1 rings (SSSR count). The second kappa shape index (κ2) is 11.1. The minimum atomic E-state index is 0.239. The van der Waals surface area contributed by atoms with Crippen LogP contribution >= 0.6 is 0 Å². The van der Waals surface area contributed by atoms with Gasteiger partial charge in [-0.2, -0.15) is 0 Å². The van der Waals surface area contributed by atoms with Gasteiger partial charge in [0.15, 0.2) is 0 Å². The molecular weight excluding hydrogens is 236 g/mol. The molecule has 0 aliphatic rings. The number of furan rings is 1. The summed E-state index contributed by atoms with van der Waals surface area (Å²) in [6.45, 7) is 2.27. The van der Waals surface area contributed by atoms with Crippen LogP contribution < -0.4 is 11.3 Å². The smallest absolute Gasteiger partial charge is 0.0950 e. The van der Waals surface area contributed by atoms with Crippen LogP contribution in [-0.4, -0.2) is 0 Å². The molecule has 1 aromatic heterocycles. The first-order valence-corrected chi connectivity index (χ1v) is 7.86. The first kappa shape index (κ1) is 16.3. The highest BCUT2D eigenvalue weighted by atomic mass is 16.3. The maximum absolute atomic E-state index is 5.58. The third-order valence-electron chi connectivity index (χ3n) is 3.74. The molecule has 0 aliphatic heterocycles. The third kappa shape index (κ3) is 7.38. The zero-order chi connectivity index (χ0) is 13.8. The maximum atomic E-state index is 5.58. The van der Waals surface area contributed by atoms with Crippen LogP contribution in [0.15, 0.2) is 23.0 Å². The average Bonchev–Trinajstić information content (AvgIpc) is 2.95. The van der Waals surface area contributed by atoms with E-state index in [0.29, 0.717) is 0 Å². The Bertz CT molecular complexity index is 285. The standard InChI is InChI=1S/C16H30N2O/c1-2-3-4-5-6-7-8-9-10-11-16(18-17)15-12-13-19-14-15/h12-14,16,18H,2-11,17H2,1H3. The van der Waals surface area contributed by atoms with Crippen molar-refractivity contribution in [1.29, 1.82) is 0 Å². The van der Waals surface area contributed by atoms with Gasteiger partial charge < -0.3 is 4.42 Å². The van der Waals surface area contributed by atoms with Crippen LogP contribution in [0.5, 0.6) is 0 Å². The monoisotopic (exact) mass is 266 g/mol. The van der Waals surface area contributed by atoms with Gasteiger partial charge >= 0.3 is 0 Å². The van der Waals surface area contributed by atoms with Gasteiger partial charge in [0.25, 0.3) is 0 Å². The molecule has 110 valence electrons. The summed E-state index contributed by atoms with van der Waals surface area (Å²) in [5, 5.41) is 0. The molecule has 3 nitrogen and oxygen atoms in total. The fourth-order valence-corrected chi connectivity index (χ4v) is 2.48. The molecule has 0 fully saturated rings. The Morgan fingerprint density at radius 1 is 1.05 bits per heavy atom. The summed E-state index contributed by atoms with van der Waals surface area (Å²) in [4.78, 5) is 0. The van der Waals surface area contributed by atoms with Crippen molar-refractivity contribution < 1.29 is 4.42 Å². The highest BCUT2D eigenvalue weighted by Gasteiger charge is 2.09. The van der Waals surface area contributed by atoms with E-state index in [2.05, 4.69) is 12.3 Å². The van der Waals surface area contributed by atoms with Crippen molar-refractivity contribution in [1.82, 2.24) is 5.43 Å². The summed E-state index contributed by atoms with van der Waals surface area (Å²) in [5.41, 5.74) is 4.02. The molecule has 1 atom stereocenters. The third-order valence-corrected chi connectivity index (χ3v) is 3.74. The van der Waals surface area contributed by atoms with Crippen molar-refractivity contribution in [2.24, 2.45) is 5.84 Å².